The number of hydrogen-bond acceptors (Lipinski definition) is 4. The van der Waals surface area contributed by atoms with E-state index in [9.17, 15) is 4.79 Å². The normalized spacial score (nSPS) is 10.5. The summed E-state index contributed by atoms with van der Waals surface area (Å²) in [7, 11) is 0. The van der Waals surface area contributed by atoms with Gasteiger partial charge in [0.25, 0.3) is 0 Å². The fourth-order valence-corrected chi connectivity index (χ4v) is 2.95. The SMILES string of the molecule is CCCc1ccc(-c2csc(N)c2C(=O)OCC)cc1. The van der Waals surface area contributed by atoms with Crippen LogP contribution in [0.3, 0.4) is 0 Å². The molecule has 0 spiro atoms. The van der Waals surface area contributed by atoms with E-state index in [1.807, 2.05) is 17.5 Å². The van der Waals surface area contributed by atoms with Crippen LogP contribution in [0.1, 0.15) is 36.2 Å². The maximum Gasteiger partial charge on any atom is 0.341 e. The van der Waals surface area contributed by atoms with Crippen molar-refractivity contribution in [2.45, 2.75) is 26.7 Å². The number of carbonyl (C=O) groups excluding carboxylic acids is 1. The highest BCUT2D eigenvalue weighted by molar-refractivity contribution is 7.14. The molecule has 2 rings (SSSR count). The molecule has 2 N–H and O–H groups in total. The molecule has 0 radical (unpaired) electrons. The third-order valence-corrected chi connectivity index (χ3v) is 3.91. The van der Waals surface area contributed by atoms with Gasteiger partial charge in [0.05, 0.1) is 6.61 Å². The first-order valence-corrected chi connectivity index (χ1v) is 7.68. The maximum atomic E-state index is 12.0. The smallest absolute Gasteiger partial charge is 0.341 e. The molecule has 0 bridgehead atoms. The van der Waals surface area contributed by atoms with Crippen LogP contribution in [-0.2, 0) is 11.2 Å². The number of carbonyl (C=O) groups is 1. The van der Waals surface area contributed by atoms with Crippen LogP contribution in [-0.4, -0.2) is 12.6 Å². The van der Waals surface area contributed by atoms with Crippen LogP contribution < -0.4 is 5.73 Å². The zero-order chi connectivity index (χ0) is 14.5. The molecule has 0 saturated carbocycles. The third-order valence-electron chi connectivity index (χ3n) is 3.10. The fourth-order valence-electron chi connectivity index (χ4n) is 2.14. The summed E-state index contributed by atoms with van der Waals surface area (Å²) in [5, 5.41) is 2.42. The van der Waals surface area contributed by atoms with E-state index < -0.39 is 0 Å². The summed E-state index contributed by atoms with van der Waals surface area (Å²) in [6.45, 7) is 4.30. The number of rotatable bonds is 5. The van der Waals surface area contributed by atoms with Gasteiger partial charge in [0.1, 0.15) is 10.6 Å². The van der Waals surface area contributed by atoms with Crippen LogP contribution in [0.5, 0.6) is 0 Å². The second-order valence-corrected chi connectivity index (χ2v) is 5.47. The summed E-state index contributed by atoms with van der Waals surface area (Å²) in [6, 6.07) is 8.27. The Labute approximate surface area is 123 Å². The van der Waals surface area contributed by atoms with Crippen molar-refractivity contribution in [1.82, 2.24) is 0 Å². The molecule has 0 amide bonds. The highest BCUT2D eigenvalue weighted by Crippen LogP contribution is 2.34. The van der Waals surface area contributed by atoms with Gasteiger partial charge in [-0.25, -0.2) is 4.79 Å². The summed E-state index contributed by atoms with van der Waals surface area (Å²) >= 11 is 1.37. The Kier molecular flexibility index (Phi) is 4.79. The summed E-state index contributed by atoms with van der Waals surface area (Å²) in [5.74, 6) is -0.348. The molecule has 20 heavy (non-hydrogen) atoms. The minimum atomic E-state index is -0.348. The molecule has 1 aromatic carbocycles. The number of esters is 1. The number of benzene rings is 1. The first-order chi connectivity index (χ1) is 9.67. The van der Waals surface area contributed by atoms with Crippen molar-refractivity contribution < 1.29 is 9.53 Å². The number of aryl methyl sites for hydroxylation is 1. The molecule has 0 fully saturated rings. The lowest BCUT2D eigenvalue weighted by Crippen LogP contribution is -2.07. The lowest BCUT2D eigenvalue weighted by molar-refractivity contribution is 0.0529. The van der Waals surface area contributed by atoms with E-state index in [1.54, 1.807) is 6.92 Å². The van der Waals surface area contributed by atoms with Crippen LogP contribution in [0.25, 0.3) is 11.1 Å². The van der Waals surface area contributed by atoms with Crippen LogP contribution in [0.2, 0.25) is 0 Å². The average molecular weight is 289 g/mol. The number of hydrogen-bond donors (Lipinski definition) is 1. The van der Waals surface area contributed by atoms with Crippen molar-refractivity contribution in [2.75, 3.05) is 12.3 Å². The van der Waals surface area contributed by atoms with Crippen molar-refractivity contribution in [1.29, 1.82) is 0 Å². The molecule has 2 aromatic rings. The van der Waals surface area contributed by atoms with Gasteiger partial charge in [0.2, 0.25) is 0 Å². The minimum Gasteiger partial charge on any atom is -0.462 e. The Bertz CT molecular complexity index is 587. The van der Waals surface area contributed by atoms with Crippen LogP contribution in [0.4, 0.5) is 5.00 Å². The largest absolute Gasteiger partial charge is 0.462 e. The van der Waals surface area contributed by atoms with E-state index in [2.05, 4.69) is 19.1 Å². The second-order valence-electron chi connectivity index (χ2n) is 4.56. The zero-order valence-corrected chi connectivity index (χ0v) is 12.6. The topological polar surface area (TPSA) is 52.3 Å². The predicted octanol–water partition coefficient (Wildman–Crippen LogP) is 4.13. The Morgan fingerprint density at radius 3 is 2.55 bits per heavy atom. The summed E-state index contributed by atoms with van der Waals surface area (Å²) in [5.41, 5.74) is 9.55. The van der Waals surface area contributed by atoms with Crippen LogP contribution in [0, 0.1) is 0 Å². The molecule has 1 aromatic heterocycles. The first kappa shape index (κ1) is 14.6. The van der Waals surface area contributed by atoms with Gasteiger partial charge in [0, 0.05) is 10.9 Å². The van der Waals surface area contributed by atoms with E-state index in [-0.39, 0.29) is 5.97 Å². The van der Waals surface area contributed by atoms with E-state index >= 15 is 0 Å². The van der Waals surface area contributed by atoms with Gasteiger partial charge in [-0.05, 0) is 24.5 Å². The van der Waals surface area contributed by atoms with Crippen molar-refractivity contribution in [2.24, 2.45) is 0 Å². The van der Waals surface area contributed by atoms with Crippen molar-refractivity contribution in [3.8, 4) is 11.1 Å². The molecule has 1 heterocycles. The van der Waals surface area contributed by atoms with E-state index in [0.717, 1.165) is 24.0 Å². The highest BCUT2D eigenvalue weighted by Gasteiger charge is 2.19. The lowest BCUT2D eigenvalue weighted by atomic mass is 10.0. The van der Waals surface area contributed by atoms with Gasteiger partial charge < -0.3 is 10.5 Å². The standard InChI is InChI=1S/C16H19NO2S/c1-3-5-11-6-8-12(9-7-11)13-10-20-15(17)14(13)16(18)19-4-2/h6-10H,3-5,17H2,1-2H3. The summed E-state index contributed by atoms with van der Waals surface area (Å²) in [6.07, 6.45) is 2.19. The highest BCUT2D eigenvalue weighted by atomic mass is 32.1. The first-order valence-electron chi connectivity index (χ1n) is 6.80. The minimum absolute atomic E-state index is 0.348. The second kappa shape index (κ2) is 6.57. The van der Waals surface area contributed by atoms with E-state index in [4.69, 9.17) is 10.5 Å². The van der Waals surface area contributed by atoms with Gasteiger partial charge in [-0.15, -0.1) is 11.3 Å². The molecule has 106 valence electrons. The molecular weight excluding hydrogens is 270 g/mol. The predicted molar refractivity (Wildman–Crippen MR) is 84.1 cm³/mol. The molecular formula is C16H19NO2S. The van der Waals surface area contributed by atoms with Crippen LogP contribution in [0.15, 0.2) is 29.6 Å². The van der Waals surface area contributed by atoms with Gasteiger partial charge in [-0.2, -0.15) is 0 Å². The number of anilines is 1. The van der Waals surface area contributed by atoms with Gasteiger partial charge in [-0.3, -0.25) is 0 Å². The Balaban J connectivity index is 2.35. The number of nitrogen functional groups attached to an aromatic ring is 1. The van der Waals surface area contributed by atoms with Crippen molar-refractivity contribution in [3.63, 3.8) is 0 Å². The maximum absolute atomic E-state index is 12.0. The molecule has 0 saturated heterocycles. The van der Waals surface area contributed by atoms with Crippen LogP contribution >= 0.6 is 11.3 Å². The molecule has 0 aliphatic rings. The van der Waals surface area contributed by atoms with E-state index in [1.165, 1.54) is 16.9 Å². The van der Waals surface area contributed by atoms with Gasteiger partial charge in [0.15, 0.2) is 0 Å². The monoisotopic (exact) mass is 289 g/mol. The Hall–Kier alpha value is -1.81. The third kappa shape index (κ3) is 3.02. The Morgan fingerprint density at radius 1 is 1.25 bits per heavy atom. The molecule has 0 aliphatic heterocycles. The molecule has 0 atom stereocenters. The van der Waals surface area contributed by atoms with E-state index in [0.29, 0.717) is 17.2 Å². The summed E-state index contributed by atoms with van der Waals surface area (Å²) in [4.78, 5) is 12.0. The number of ether oxygens (including phenoxy) is 1. The zero-order valence-electron chi connectivity index (χ0n) is 11.8. The number of thiophene rings is 1. The quantitative estimate of drug-likeness (QED) is 0.842. The molecule has 0 unspecified atom stereocenters. The molecule has 3 nitrogen and oxygen atoms in total. The van der Waals surface area contributed by atoms with Gasteiger partial charge >= 0.3 is 5.97 Å². The van der Waals surface area contributed by atoms with Gasteiger partial charge in [-0.1, -0.05) is 37.6 Å². The lowest BCUT2D eigenvalue weighted by Gasteiger charge is -2.06. The Morgan fingerprint density at radius 2 is 1.95 bits per heavy atom. The molecule has 4 heteroatoms. The van der Waals surface area contributed by atoms with Crippen molar-refractivity contribution in [3.05, 3.63) is 40.8 Å². The average Bonchev–Trinajstić information content (AvgIpc) is 2.82. The summed E-state index contributed by atoms with van der Waals surface area (Å²) < 4.78 is 5.08. The van der Waals surface area contributed by atoms with Crippen molar-refractivity contribution >= 4 is 22.3 Å². The fraction of sp³-hybridized carbons (Fsp3) is 0.312. The molecule has 0 aliphatic carbocycles. The number of nitrogens with two attached hydrogens (primary N) is 1.